The number of carbonyl (C=O) groups is 2. The van der Waals surface area contributed by atoms with E-state index in [1.165, 1.54) is 12.1 Å². The van der Waals surface area contributed by atoms with Crippen molar-refractivity contribution in [3.05, 3.63) is 33.3 Å². The van der Waals surface area contributed by atoms with Crippen molar-refractivity contribution < 1.29 is 14.7 Å². The molecule has 0 bridgehead atoms. The van der Waals surface area contributed by atoms with Gasteiger partial charge in [0.25, 0.3) is 5.91 Å². The highest BCUT2D eigenvalue weighted by atomic mass is 35.5. The molecule has 0 heterocycles. The molecule has 1 rings (SSSR count). The Labute approximate surface area is 89.2 Å². The van der Waals surface area contributed by atoms with Crippen LogP contribution in [0.15, 0.2) is 12.1 Å². The van der Waals surface area contributed by atoms with Crippen LogP contribution in [0.2, 0.25) is 10.0 Å². The predicted octanol–water partition coefficient (Wildman–Crippen LogP) is 1.79. The largest absolute Gasteiger partial charge is 0.478 e. The molecule has 0 aromatic heterocycles. The van der Waals surface area contributed by atoms with Gasteiger partial charge in [-0.05, 0) is 12.1 Å². The molecular formula is C8H5Cl2NO3. The van der Waals surface area contributed by atoms with Gasteiger partial charge in [-0.15, -0.1) is 0 Å². The number of amides is 1. The fraction of sp³-hybridized carbons (Fsp3) is 0. The number of rotatable bonds is 2. The van der Waals surface area contributed by atoms with E-state index in [4.69, 9.17) is 34.0 Å². The van der Waals surface area contributed by atoms with Crippen LogP contribution in [0.3, 0.4) is 0 Å². The molecule has 1 amide bonds. The summed E-state index contributed by atoms with van der Waals surface area (Å²) in [4.78, 5) is 21.6. The molecule has 0 aliphatic rings. The quantitative estimate of drug-likeness (QED) is 0.818. The van der Waals surface area contributed by atoms with E-state index in [-0.39, 0.29) is 21.2 Å². The zero-order valence-electron chi connectivity index (χ0n) is 6.75. The summed E-state index contributed by atoms with van der Waals surface area (Å²) >= 11 is 11.2. The number of nitrogens with two attached hydrogens (primary N) is 1. The van der Waals surface area contributed by atoms with Gasteiger partial charge in [0.1, 0.15) is 0 Å². The first-order valence-electron chi connectivity index (χ1n) is 3.46. The Morgan fingerprint density at radius 3 is 2.29 bits per heavy atom. The maximum atomic E-state index is 10.9. The van der Waals surface area contributed by atoms with E-state index < -0.39 is 11.9 Å². The van der Waals surface area contributed by atoms with E-state index in [1.54, 1.807) is 0 Å². The van der Waals surface area contributed by atoms with Crippen LogP contribution in [0.5, 0.6) is 0 Å². The molecule has 0 radical (unpaired) electrons. The second-order valence-corrected chi connectivity index (χ2v) is 3.24. The molecule has 0 fully saturated rings. The lowest BCUT2D eigenvalue weighted by molar-refractivity contribution is 0.0692. The van der Waals surface area contributed by atoms with Crippen LogP contribution >= 0.6 is 23.2 Å². The molecule has 0 unspecified atom stereocenters. The van der Waals surface area contributed by atoms with Gasteiger partial charge in [-0.25, -0.2) is 4.79 Å². The number of carboxylic acid groups (broad SMARTS) is 1. The van der Waals surface area contributed by atoms with E-state index in [2.05, 4.69) is 0 Å². The Balaban J connectivity index is 3.53. The Morgan fingerprint density at radius 2 is 1.86 bits per heavy atom. The normalized spacial score (nSPS) is 9.86. The summed E-state index contributed by atoms with van der Waals surface area (Å²) in [7, 11) is 0. The van der Waals surface area contributed by atoms with Crippen molar-refractivity contribution in [1.29, 1.82) is 0 Å². The Bertz CT molecular complexity index is 417. The first kappa shape index (κ1) is 10.8. The van der Waals surface area contributed by atoms with Crippen LogP contribution in [0.25, 0.3) is 0 Å². The van der Waals surface area contributed by atoms with Crippen LogP contribution in [-0.2, 0) is 0 Å². The van der Waals surface area contributed by atoms with Crippen molar-refractivity contribution in [3.63, 3.8) is 0 Å². The van der Waals surface area contributed by atoms with E-state index in [0.29, 0.717) is 0 Å². The molecule has 14 heavy (non-hydrogen) atoms. The highest BCUT2D eigenvalue weighted by Crippen LogP contribution is 2.28. The average molecular weight is 234 g/mol. The first-order chi connectivity index (χ1) is 6.45. The molecule has 1 aromatic carbocycles. The summed E-state index contributed by atoms with van der Waals surface area (Å²) < 4.78 is 0. The predicted molar refractivity (Wildman–Crippen MR) is 51.9 cm³/mol. The molecule has 0 atom stereocenters. The number of carbonyl (C=O) groups excluding carboxylic acids is 1. The van der Waals surface area contributed by atoms with Crippen LogP contribution in [0.1, 0.15) is 20.7 Å². The third-order valence-electron chi connectivity index (χ3n) is 1.57. The van der Waals surface area contributed by atoms with Crippen molar-refractivity contribution in [3.8, 4) is 0 Å². The highest BCUT2D eigenvalue weighted by Gasteiger charge is 2.19. The zero-order chi connectivity index (χ0) is 10.9. The summed E-state index contributed by atoms with van der Waals surface area (Å²) in [6, 6.07) is 2.47. The minimum atomic E-state index is -1.28. The molecule has 0 aliphatic heterocycles. The highest BCUT2D eigenvalue weighted by molar-refractivity contribution is 6.44. The molecule has 3 N–H and O–H groups in total. The van der Waals surface area contributed by atoms with E-state index in [9.17, 15) is 9.59 Å². The summed E-state index contributed by atoms with van der Waals surface area (Å²) in [5.74, 6) is -2.20. The van der Waals surface area contributed by atoms with Gasteiger partial charge >= 0.3 is 5.97 Å². The Hall–Kier alpha value is -1.26. The summed E-state index contributed by atoms with van der Waals surface area (Å²) in [6.45, 7) is 0. The molecular weight excluding hydrogens is 229 g/mol. The van der Waals surface area contributed by atoms with Gasteiger partial charge in [-0.3, -0.25) is 4.79 Å². The lowest BCUT2D eigenvalue weighted by atomic mass is 10.1. The monoisotopic (exact) mass is 233 g/mol. The molecule has 6 heteroatoms. The summed E-state index contributed by atoms with van der Waals surface area (Å²) in [5, 5.41) is 8.67. The van der Waals surface area contributed by atoms with Gasteiger partial charge in [0.05, 0.1) is 21.2 Å². The maximum Gasteiger partial charge on any atom is 0.336 e. The lowest BCUT2D eigenvalue weighted by Crippen LogP contribution is -2.17. The average Bonchev–Trinajstić information content (AvgIpc) is 2.08. The standard InChI is InChI=1S/C8H5Cl2NO3/c9-4-2-1-3(8(13)14)5(6(4)10)7(11)12/h1-2H,(H2,11,12)(H,13,14). The van der Waals surface area contributed by atoms with Gasteiger partial charge in [0.2, 0.25) is 0 Å². The number of carboxylic acids is 1. The molecule has 1 aromatic rings. The fourth-order valence-electron chi connectivity index (χ4n) is 0.970. The molecule has 0 spiro atoms. The molecule has 4 nitrogen and oxygen atoms in total. The third-order valence-corrected chi connectivity index (χ3v) is 2.38. The van der Waals surface area contributed by atoms with Gasteiger partial charge in [-0.2, -0.15) is 0 Å². The fourth-order valence-corrected chi connectivity index (χ4v) is 1.39. The summed E-state index contributed by atoms with van der Waals surface area (Å²) in [5.41, 5.74) is 4.45. The van der Waals surface area contributed by atoms with Crippen molar-refractivity contribution in [2.75, 3.05) is 0 Å². The van der Waals surface area contributed by atoms with Gasteiger partial charge < -0.3 is 10.8 Å². The van der Waals surface area contributed by atoms with E-state index in [0.717, 1.165) is 0 Å². The Morgan fingerprint density at radius 1 is 1.29 bits per heavy atom. The molecule has 74 valence electrons. The number of primary amides is 1. The summed E-state index contributed by atoms with van der Waals surface area (Å²) in [6.07, 6.45) is 0. The van der Waals surface area contributed by atoms with Crippen molar-refractivity contribution in [2.45, 2.75) is 0 Å². The number of halogens is 2. The van der Waals surface area contributed by atoms with E-state index in [1.807, 2.05) is 0 Å². The van der Waals surface area contributed by atoms with Gasteiger partial charge in [-0.1, -0.05) is 23.2 Å². The molecule has 0 saturated heterocycles. The second-order valence-electron chi connectivity index (χ2n) is 2.45. The van der Waals surface area contributed by atoms with Crippen molar-refractivity contribution >= 4 is 35.1 Å². The van der Waals surface area contributed by atoms with Crippen molar-refractivity contribution in [1.82, 2.24) is 0 Å². The number of hydrogen-bond acceptors (Lipinski definition) is 2. The lowest BCUT2D eigenvalue weighted by Gasteiger charge is -2.05. The van der Waals surface area contributed by atoms with Gasteiger partial charge in [0.15, 0.2) is 0 Å². The zero-order valence-corrected chi connectivity index (χ0v) is 8.26. The third kappa shape index (κ3) is 1.81. The first-order valence-corrected chi connectivity index (χ1v) is 4.22. The minimum absolute atomic E-state index is 0.0884. The van der Waals surface area contributed by atoms with Crippen LogP contribution in [0.4, 0.5) is 0 Å². The Kier molecular flexibility index (Phi) is 2.98. The number of aromatic carboxylic acids is 1. The number of benzene rings is 1. The van der Waals surface area contributed by atoms with Gasteiger partial charge in [0, 0.05) is 0 Å². The smallest absolute Gasteiger partial charge is 0.336 e. The minimum Gasteiger partial charge on any atom is -0.478 e. The van der Waals surface area contributed by atoms with E-state index >= 15 is 0 Å². The maximum absolute atomic E-state index is 10.9. The molecule has 0 saturated carbocycles. The van der Waals surface area contributed by atoms with Crippen LogP contribution < -0.4 is 5.73 Å². The molecule has 0 aliphatic carbocycles. The van der Waals surface area contributed by atoms with Crippen LogP contribution in [-0.4, -0.2) is 17.0 Å². The number of hydrogen-bond donors (Lipinski definition) is 2. The SMILES string of the molecule is NC(=O)c1c(C(=O)O)ccc(Cl)c1Cl. The topological polar surface area (TPSA) is 80.4 Å². The van der Waals surface area contributed by atoms with Crippen LogP contribution in [0, 0.1) is 0 Å². The second kappa shape index (κ2) is 3.86. The van der Waals surface area contributed by atoms with Crippen molar-refractivity contribution in [2.24, 2.45) is 5.73 Å².